The second-order valence-corrected chi connectivity index (χ2v) is 7.31. The predicted molar refractivity (Wildman–Crippen MR) is 103 cm³/mol. The van der Waals surface area contributed by atoms with Gasteiger partial charge in [0.1, 0.15) is 0 Å². The van der Waals surface area contributed by atoms with E-state index in [2.05, 4.69) is 65.6 Å². The van der Waals surface area contributed by atoms with E-state index in [9.17, 15) is 0 Å². The molecule has 1 nitrogen and oxygen atoms in total. The highest BCUT2D eigenvalue weighted by Gasteiger charge is 2.17. The molecule has 1 fully saturated rings. The molecule has 0 spiro atoms. The van der Waals surface area contributed by atoms with Crippen LogP contribution in [0.25, 0.3) is 0 Å². The monoisotopic (exact) mass is 321 g/mol. The summed E-state index contributed by atoms with van der Waals surface area (Å²) in [6.45, 7) is 3.59. The molecule has 24 heavy (non-hydrogen) atoms. The third kappa shape index (κ3) is 5.79. The van der Waals surface area contributed by atoms with E-state index in [1.165, 1.54) is 69.2 Å². The van der Waals surface area contributed by atoms with Crippen LogP contribution in [0.5, 0.6) is 0 Å². The van der Waals surface area contributed by atoms with Gasteiger partial charge in [0.25, 0.3) is 0 Å². The van der Waals surface area contributed by atoms with Crippen LogP contribution in [-0.4, -0.2) is 18.0 Å². The minimum Gasteiger partial charge on any atom is -0.299 e. The largest absolute Gasteiger partial charge is 0.299 e. The Morgan fingerprint density at radius 3 is 2.04 bits per heavy atom. The molecule has 0 unspecified atom stereocenters. The Hall–Kier alpha value is -1.60. The lowest BCUT2D eigenvalue weighted by Gasteiger charge is -2.30. The summed E-state index contributed by atoms with van der Waals surface area (Å²) in [5, 5.41) is 0. The van der Waals surface area contributed by atoms with E-state index in [0.29, 0.717) is 0 Å². The van der Waals surface area contributed by atoms with Crippen LogP contribution in [0.2, 0.25) is 0 Å². The average Bonchev–Trinajstić information content (AvgIpc) is 2.64. The number of benzene rings is 2. The molecule has 0 amide bonds. The second-order valence-electron chi connectivity index (χ2n) is 7.31. The molecule has 0 aromatic heterocycles. The first-order valence-corrected chi connectivity index (χ1v) is 9.70. The molecule has 3 rings (SSSR count). The fraction of sp³-hybridized carbons (Fsp3) is 0.478. The van der Waals surface area contributed by atoms with Crippen molar-refractivity contribution in [1.82, 2.24) is 4.90 Å². The van der Waals surface area contributed by atoms with Crippen molar-refractivity contribution >= 4 is 0 Å². The number of hydrogen-bond acceptors (Lipinski definition) is 1. The lowest BCUT2D eigenvalue weighted by atomic mass is 9.89. The molecular weight excluding hydrogens is 290 g/mol. The maximum Gasteiger partial charge on any atom is 0.0233 e. The Balaban J connectivity index is 1.53. The van der Waals surface area contributed by atoms with Crippen molar-refractivity contribution in [1.29, 1.82) is 0 Å². The number of hydrogen-bond donors (Lipinski definition) is 0. The first kappa shape index (κ1) is 17.2. The van der Waals surface area contributed by atoms with E-state index >= 15 is 0 Å². The van der Waals surface area contributed by atoms with Gasteiger partial charge in [-0.25, -0.2) is 0 Å². The van der Waals surface area contributed by atoms with Crippen LogP contribution in [0.1, 0.15) is 49.7 Å². The van der Waals surface area contributed by atoms with Crippen molar-refractivity contribution in [3.8, 4) is 0 Å². The van der Waals surface area contributed by atoms with Crippen molar-refractivity contribution in [3.63, 3.8) is 0 Å². The Labute approximate surface area is 147 Å². The van der Waals surface area contributed by atoms with Gasteiger partial charge in [-0.15, -0.1) is 0 Å². The maximum atomic E-state index is 2.70. The lowest BCUT2D eigenvalue weighted by Crippen LogP contribution is -2.31. The van der Waals surface area contributed by atoms with Crippen LogP contribution in [0.4, 0.5) is 0 Å². The zero-order chi connectivity index (χ0) is 16.5. The highest BCUT2D eigenvalue weighted by Crippen LogP contribution is 2.25. The van der Waals surface area contributed by atoms with Crippen LogP contribution in [0, 0.1) is 5.92 Å². The smallest absolute Gasteiger partial charge is 0.0233 e. The van der Waals surface area contributed by atoms with Crippen LogP contribution < -0.4 is 0 Å². The molecule has 1 aliphatic carbocycles. The molecule has 2 aromatic rings. The van der Waals surface area contributed by atoms with Gasteiger partial charge in [-0.05, 0) is 49.3 Å². The van der Waals surface area contributed by atoms with E-state index in [4.69, 9.17) is 0 Å². The SMILES string of the molecule is c1ccc(CCCN(Cc2ccccc2)CC2CCCCC2)cc1. The average molecular weight is 322 g/mol. The Bertz CT molecular complexity index is 557. The van der Waals surface area contributed by atoms with Crippen LogP contribution in [-0.2, 0) is 13.0 Å². The van der Waals surface area contributed by atoms with Gasteiger partial charge in [0, 0.05) is 13.1 Å². The third-order valence-corrected chi connectivity index (χ3v) is 5.27. The van der Waals surface area contributed by atoms with Crippen molar-refractivity contribution in [2.45, 2.75) is 51.5 Å². The molecule has 2 aromatic carbocycles. The zero-order valence-electron chi connectivity index (χ0n) is 14.9. The Morgan fingerprint density at radius 2 is 1.38 bits per heavy atom. The molecule has 1 aliphatic rings. The zero-order valence-corrected chi connectivity index (χ0v) is 14.9. The minimum absolute atomic E-state index is 0.916. The minimum atomic E-state index is 0.916. The third-order valence-electron chi connectivity index (χ3n) is 5.27. The number of aryl methyl sites for hydroxylation is 1. The van der Waals surface area contributed by atoms with E-state index < -0.39 is 0 Å². The van der Waals surface area contributed by atoms with E-state index in [0.717, 1.165) is 12.5 Å². The Morgan fingerprint density at radius 1 is 0.750 bits per heavy atom. The first-order valence-electron chi connectivity index (χ1n) is 9.70. The molecule has 1 heteroatoms. The predicted octanol–water partition coefficient (Wildman–Crippen LogP) is 5.70. The summed E-state index contributed by atoms with van der Waals surface area (Å²) in [5.41, 5.74) is 2.92. The van der Waals surface area contributed by atoms with Crippen molar-refractivity contribution < 1.29 is 0 Å². The standard InChI is InChI=1S/C23H31N/c1-4-11-21(12-5-1)17-10-18-24(19-22-13-6-2-7-14-22)20-23-15-8-3-9-16-23/h1-2,4-7,11-14,23H,3,8-10,15-20H2. The normalized spacial score (nSPS) is 15.7. The Kier molecular flexibility index (Phi) is 6.92. The van der Waals surface area contributed by atoms with Gasteiger partial charge >= 0.3 is 0 Å². The van der Waals surface area contributed by atoms with E-state index in [1.807, 2.05) is 0 Å². The van der Waals surface area contributed by atoms with E-state index in [1.54, 1.807) is 0 Å². The van der Waals surface area contributed by atoms with Gasteiger partial charge < -0.3 is 0 Å². The van der Waals surface area contributed by atoms with Gasteiger partial charge in [0.05, 0.1) is 0 Å². The van der Waals surface area contributed by atoms with Gasteiger partial charge in [-0.3, -0.25) is 4.90 Å². The first-order chi connectivity index (χ1) is 11.9. The highest BCUT2D eigenvalue weighted by atomic mass is 15.1. The summed E-state index contributed by atoms with van der Waals surface area (Å²) < 4.78 is 0. The molecule has 0 radical (unpaired) electrons. The van der Waals surface area contributed by atoms with Crippen LogP contribution in [0.15, 0.2) is 60.7 Å². The number of rotatable bonds is 8. The topological polar surface area (TPSA) is 3.24 Å². The molecule has 1 saturated carbocycles. The van der Waals surface area contributed by atoms with Gasteiger partial charge in [-0.2, -0.15) is 0 Å². The summed E-state index contributed by atoms with van der Waals surface area (Å²) in [6, 6.07) is 21.9. The summed E-state index contributed by atoms with van der Waals surface area (Å²) in [6.07, 6.45) is 9.64. The van der Waals surface area contributed by atoms with E-state index in [-0.39, 0.29) is 0 Å². The summed E-state index contributed by atoms with van der Waals surface area (Å²) in [4.78, 5) is 2.70. The fourth-order valence-electron chi connectivity index (χ4n) is 3.96. The van der Waals surface area contributed by atoms with Crippen molar-refractivity contribution in [2.75, 3.05) is 13.1 Å². The molecule has 0 heterocycles. The van der Waals surface area contributed by atoms with Crippen LogP contribution >= 0.6 is 0 Å². The molecule has 128 valence electrons. The molecule has 0 bridgehead atoms. The molecule has 0 aliphatic heterocycles. The van der Waals surface area contributed by atoms with Gasteiger partial charge in [0.2, 0.25) is 0 Å². The quantitative estimate of drug-likeness (QED) is 0.602. The summed E-state index contributed by atoms with van der Waals surface area (Å²) in [5.74, 6) is 0.916. The molecule has 0 saturated heterocycles. The highest BCUT2D eigenvalue weighted by molar-refractivity contribution is 5.15. The lowest BCUT2D eigenvalue weighted by molar-refractivity contribution is 0.192. The van der Waals surface area contributed by atoms with Gasteiger partial charge in [-0.1, -0.05) is 79.9 Å². The fourth-order valence-corrected chi connectivity index (χ4v) is 3.96. The van der Waals surface area contributed by atoms with Gasteiger partial charge in [0.15, 0.2) is 0 Å². The van der Waals surface area contributed by atoms with Crippen molar-refractivity contribution in [2.24, 2.45) is 5.92 Å². The molecular formula is C23H31N. The maximum absolute atomic E-state index is 2.70. The van der Waals surface area contributed by atoms with Crippen LogP contribution in [0.3, 0.4) is 0 Å². The summed E-state index contributed by atoms with van der Waals surface area (Å²) in [7, 11) is 0. The summed E-state index contributed by atoms with van der Waals surface area (Å²) >= 11 is 0. The van der Waals surface area contributed by atoms with Crippen molar-refractivity contribution in [3.05, 3.63) is 71.8 Å². The number of nitrogens with zero attached hydrogens (tertiary/aromatic N) is 1. The molecule has 0 atom stereocenters. The second kappa shape index (κ2) is 9.64. The molecule has 0 N–H and O–H groups in total.